The molecule has 3 atom stereocenters. The van der Waals surface area contributed by atoms with Crippen LogP contribution in [0.15, 0.2) is 59.6 Å². The Morgan fingerprint density at radius 3 is 2.59 bits per heavy atom. The molecule has 2 bridgehead atoms. The molecular formula is C34H41ClN6O2S. The number of rotatable bonds is 9. The van der Waals surface area contributed by atoms with E-state index < -0.39 is 10.0 Å². The van der Waals surface area contributed by atoms with Crippen molar-refractivity contribution in [1.29, 1.82) is 0 Å². The molecular weight excluding hydrogens is 592 g/mol. The van der Waals surface area contributed by atoms with Gasteiger partial charge in [0.05, 0.1) is 16.2 Å². The van der Waals surface area contributed by atoms with E-state index >= 15 is 0 Å². The predicted molar refractivity (Wildman–Crippen MR) is 179 cm³/mol. The SMILES string of the molecule is CCc1nc(NS(=O)(=O)c2ccccc2Cl)ccc1-c1cc(CC)c2nc(NC34CCCC(C3)C(N(C)C)CC4)ncc2c1. The first-order valence-electron chi connectivity index (χ1n) is 15.6. The van der Waals surface area contributed by atoms with E-state index in [1.165, 1.54) is 38.2 Å². The van der Waals surface area contributed by atoms with E-state index in [0.29, 0.717) is 18.4 Å². The number of aryl methyl sites for hydroxylation is 2. The van der Waals surface area contributed by atoms with Crippen LogP contribution in [0.5, 0.6) is 0 Å². The lowest BCUT2D eigenvalue weighted by Gasteiger charge is -2.50. The highest BCUT2D eigenvalue weighted by Gasteiger charge is 2.44. The lowest BCUT2D eigenvalue weighted by Crippen LogP contribution is -2.53. The summed E-state index contributed by atoms with van der Waals surface area (Å²) in [7, 11) is 0.543. The van der Waals surface area contributed by atoms with Gasteiger partial charge in [-0.05, 0) is 112 Å². The Labute approximate surface area is 265 Å². The Morgan fingerprint density at radius 1 is 1.02 bits per heavy atom. The van der Waals surface area contributed by atoms with Crippen molar-refractivity contribution in [3.63, 3.8) is 0 Å². The monoisotopic (exact) mass is 632 g/mol. The van der Waals surface area contributed by atoms with Crippen LogP contribution in [0.4, 0.5) is 11.8 Å². The molecule has 44 heavy (non-hydrogen) atoms. The number of hydrogen-bond acceptors (Lipinski definition) is 7. The molecule has 0 aliphatic heterocycles. The fourth-order valence-electron chi connectivity index (χ4n) is 7.37. The van der Waals surface area contributed by atoms with Gasteiger partial charge in [-0.25, -0.2) is 23.4 Å². The normalized spacial score (nSPS) is 21.9. The Bertz CT molecular complexity index is 1800. The van der Waals surface area contributed by atoms with Crippen LogP contribution in [0.3, 0.4) is 0 Å². The lowest BCUT2D eigenvalue weighted by atomic mass is 9.65. The third-order valence-corrected chi connectivity index (χ3v) is 11.4. The maximum absolute atomic E-state index is 13.0. The number of benzene rings is 2. The molecule has 2 aromatic heterocycles. The number of pyridine rings is 1. The average molecular weight is 633 g/mol. The van der Waals surface area contributed by atoms with Crippen LogP contribution in [-0.2, 0) is 22.9 Å². The number of hydrogen-bond donors (Lipinski definition) is 2. The van der Waals surface area contributed by atoms with Gasteiger partial charge >= 0.3 is 0 Å². The van der Waals surface area contributed by atoms with Crippen molar-refractivity contribution in [2.24, 2.45) is 5.92 Å². The number of aromatic nitrogens is 3. The van der Waals surface area contributed by atoms with Crippen LogP contribution in [-0.4, -0.2) is 53.9 Å². The fourth-order valence-corrected chi connectivity index (χ4v) is 8.89. The van der Waals surface area contributed by atoms with Crippen molar-refractivity contribution >= 4 is 44.3 Å². The van der Waals surface area contributed by atoms with Gasteiger partial charge in [-0.1, -0.05) is 44.0 Å². The van der Waals surface area contributed by atoms with Crippen molar-refractivity contribution < 1.29 is 8.42 Å². The largest absolute Gasteiger partial charge is 0.349 e. The highest BCUT2D eigenvalue weighted by Crippen LogP contribution is 2.45. The average Bonchev–Trinajstić information content (AvgIpc) is 3.00. The van der Waals surface area contributed by atoms with Gasteiger partial charge in [-0.2, -0.15) is 0 Å². The second-order valence-electron chi connectivity index (χ2n) is 12.5. The topological polar surface area (TPSA) is 100 Å². The van der Waals surface area contributed by atoms with Gasteiger partial charge in [0.1, 0.15) is 10.7 Å². The Hall–Kier alpha value is -3.27. The zero-order chi connectivity index (χ0) is 31.1. The first-order chi connectivity index (χ1) is 21.1. The zero-order valence-corrected chi connectivity index (χ0v) is 27.5. The molecule has 0 amide bonds. The Morgan fingerprint density at radius 2 is 1.84 bits per heavy atom. The summed E-state index contributed by atoms with van der Waals surface area (Å²) in [6, 6.07) is 14.9. The second kappa shape index (κ2) is 12.3. The molecule has 10 heteroatoms. The van der Waals surface area contributed by atoms with Gasteiger partial charge < -0.3 is 10.2 Å². The summed E-state index contributed by atoms with van der Waals surface area (Å²) in [5, 5.41) is 4.96. The molecule has 6 rings (SSSR count). The number of fused-ring (bicyclic) bond motifs is 3. The number of anilines is 2. The molecule has 0 radical (unpaired) electrons. The van der Waals surface area contributed by atoms with Crippen LogP contribution in [0.2, 0.25) is 5.02 Å². The van der Waals surface area contributed by atoms with E-state index in [9.17, 15) is 8.42 Å². The summed E-state index contributed by atoms with van der Waals surface area (Å²) in [5.74, 6) is 1.69. The predicted octanol–water partition coefficient (Wildman–Crippen LogP) is 7.34. The van der Waals surface area contributed by atoms with E-state index in [-0.39, 0.29) is 21.3 Å². The molecule has 2 aromatic carbocycles. The number of sulfonamides is 1. The summed E-state index contributed by atoms with van der Waals surface area (Å²) < 4.78 is 28.6. The van der Waals surface area contributed by atoms with Gasteiger partial charge in [-0.3, -0.25) is 4.72 Å². The van der Waals surface area contributed by atoms with Crippen molar-refractivity contribution in [3.8, 4) is 11.1 Å². The van der Waals surface area contributed by atoms with Crippen LogP contribution in [0.1, 0.15) is 63.6 Å². The zero-order valence-electron chi connectivity index (χ0n) is 25.9. The first kappa shape index (κ1) is 30.7. The van der Waals surface area contributed by atoms with Gasteiger partial charge in [0.2, 0.25) is 5.95 Å². The smallest absolute Gasteiger partial charge is 0.264 e. The number of halogens is 1. The second-order valence-corrected chi connectivity index (χ2v) is 14.6. The van der Waals surface area contributed by atoms with Crippen molar-refractivity contribution in [3.05, 3.63) is 71.0 Å². The van der Waals surface area contributed by atoms with E-state index in [1.807, 2.05) is 19.2 Å². The first-order valence-corrected chi connectivity index (χ1v) is 17.5. The summed E-state index contributed by atoms with van der Waals surface area (Å²) in [6.07, 6.45) is 10.6. The molecule has 232 valence electrons. The number of nitrogens with zero attached hydrogens (tertiary/aromatic N) is 4. The van der Waals surface area contributed by atoms with Crippen LogP contribution in [0, 0.1) is 5.92 Å². The quantitative estimate of drug-likeness (QED) is 0.199. The summed E-state index contributed by atoms with van der Waals surface area (Å²) in [4.78, 5) is 17.0. The molecule has 2 fully saturated rings. The standard InChI is InChI=1S/C34H41ClN6O2S/c1-5-22-18-24(26-13-14-31(37-28(26)6-2)40-44(42,43)30-12-8-7-11-27(30)35)19-25-21-36-33(38-32(22)25)39-34-16-9-10-23(20-34)29(15-17-34)41(3)4/h7-8,11-14,18-19,21,23,29H,5-6,9-10,15-17,20H2,1-4H3,(H,37,40)(H,36,38,39). The van der Waals surface area contributed by atoms with Crippen LogP contribution >= 0.6 is 11.6 Å². The van der Waals surface area contributed by atoms with Gasteiger partial charge in [-0.15, -0.1) is 0 Å². The summed E-state index contributed by atoms with van der Waals surface area (Å²) >= 11 is 6.16. The minimum Gasteiger partial charge on any atom is -0.349 e. The fraction of sp³-hybridized carbons (Fsp3) is 0.441. The van der Waals surface area contributed by atoms with Gasteiger partial charge in [0.25, 0.3) is 10.0 Å². The van der Waals surface area contributed by atoms with E-state index in [2.05, 4.69) is 53.1 Å². The molecule has 8 nitrogen and oxygen atoms in total. The molecule has 0 spiro atoms. The van der Waals surface area contributed by atoms with Crippen molar-refractivity contribution in [2.45, 2.75) is 81.7 Å². The number of nitrogens with one attached hydrogen (secondary N) is 2. The van der Waals surface area contributed by atoms with Gasteiger partial charge in [0, 0.05) is 28.7 Å². The molecule has 2 heterocycles. The highest BCUT2D eigenvalue weighted by atomic mass is 35.5. The molecule has 2 saturated carbocycles. The minimum absolute atomic E-state index is 0.0192. The van der Waals surface area contributed by atoms with Gasteiger partial charge in [0.15, 0.2) is 0 Å². The molecule has 4 aromatic rings. The maximum atomic E-state index is 13.0. The Balaban J connectivity index is 1.28. The molecule has 3 unspecified atom stereocenters. The maximum Gasteiger partial charge on any atom is 0.264 e. The lowest BCUT2D eigenvalue weighted by molar-refractivity contribution is 0.0752. The van der Waals surface area contributed by atoms with E-state index in [1.54, 1.807) is 24.3 Å². The third-order valence-electron chi connectivity index (χ3n) is 9.51. The van der Waals surface area contributed by atoms with Crippen LogP contribution in [0.25, 0.3) is 22.0 Å². The molecule has 0 saturated heterocycles. The Kier molecular flexibility index (Phi) is 8.56. The molecule has 2 aliphatic carbocycles. The molecule has 2 N–H and O–H groups in total. The van der Waals surface area contributed by atoms with Crippen molar-refractivity contribution in [2.75, 3.05) is 24.1 Å². The highest BCUT2D eigenvalue weighted by molar-refractivity contribution is 7.92. The third kappa shape index (κ3) is 6.02. The minimum atomic E-state index is -3.88. The van der Waals surface area contributed by atoms with Crippen molar-refractivity contribution in [1.82, 2.24) is 19.9 Å². The van der Waals surface area contributed by atoms with Crippen LogP contribution < -0.4 is 10.0 Å². The molecule has 2 aliphatic rings. The van der Waals surface area contributed by atoms with E-state index in [0.717, 1.165) is 52.1 Å². The van der Waals surface area contributed by atoms with E-state index in [4.69, 9.17) is 21.6 Å². The summed E-state index contributed by atoms with van der Waals surface area (Å²) in [6.45, 7) is 4.16. The summed E-state index contributed by atoms with van der Waals surface area (Å²) in [5.41, 5.74) is 4.95.